The van der Waals surface area contributed by atoms with Gasteiger partial charge < -0.3 is 5.32 Å². The van der Waals surface area contributed by atoms with E-state index in [4.69, 9.17) is 0 Å². The van der Waals surface area contributed by atoms with Gasteiger partial charge in [-0.3, -0.25) is 24.6 Å². The summed E-state index contributed by atoms with van der Waals surface area (Å²) < 4.78 is 0. The zero-order valence-electron chi connectivity index (χ0n) is 19.4. The van der Waals surface area contributed by atoms with Crippen LogP contribution >= 0.6 is 0 Å². The van der Waals surface area contributed by atoms with Crippen LogP contribution in [0.3, 0.4) is 0 Å². The summed E-state index contributed by atoms with van der Waals surface area (Å²) in [4.78, 5) is 41.3. The number of imide groups is 1. The summed E-state index contributed by atoms with van der Waals surface area (Å²) in [6, 6.07) is 15.2. The fourth-order valence-electron chi connectivity index (χ4n) is 6.39. The number of piperidine rings is 1. The molecule has 2 bridgehead atoms. The van der Waals surface area contributed by atoms with Crippen LogP contribution in [0.1, 0.15) is 24.8 Å². The summed E-state index contributed by atoms with van der Waals surface area (Å²) in [5.41, 5.74) is 1.90. The molecule has 0 unspecified atom stereocenters. The number of likely N-dealkylation sites (tertiary alicyclic amines) is 1. The third-order valence-electron chi connectivity index (χ3n) is 8.10. The van der Waals surface area contributed by atoms with Crippen LogP contribution in [0.4, 0.5) is 17.1 Å². The van der Waals surface area contributed by atoms with Crippen LogP contribution in [-0.2, 0) is 16.1 Å². The van der Waals surface area contributed by atoms with E-state index in [-0.39, 0.29) is 47.2 Å². The molecule has 2 aliphatic carbocycles. The predicted octanol–water partition coefficient (Wildman–Crippen LogP) is 3.98. The van der Waals surface area contributed by atoms with Gasteiger partial charge in [0.05, 0.1) is 22.4 Å². The van der Waals surface area contributed by atoms with E-state index in [2.05, 4.69) is 22.3 Å². The molecule has 1 saturated carbocycles. The van der Waals surface area contributed by atoms with Crippen molar-refractivity contribution in [3.8, 4) is 0 Å². The second-order valence-electron chi connectivity index (χ2n) is 10.2. The molecule has 1 N–H and O–H groups in total. The Bertz CT molecular complexity index is 1170. The molecule has 4 atom stereocenters. The molecule has 35 heavy (non-hydrogen) atoms. The number of nitro groups is 1. The Labute approximate surface area is 203 Å². The van der Waals surface area contributed by atoms with Crippen LogP contribution in [0.5, 0.6) is 0 Å². The summed E-state index contributed by atoms with van der Waals surface area (Å²) in [5, 5.41) is 15.3. The summed E-state index contributed by atoms with van der Waals surface area (Å²) >= 11 is 0. The topological polar surface area (TPSA) is 95.8 Å². The zero-order chi connectivity index (χ0) is 24.1. The summed E-state index contributed by atoms with van der Waals surface area (Å²) in [6.45, 7) is 2.72. The van der Waals surface area contributed by atoms with Gasteiger partial charge in [-0.25, -0.2) is 4.90 Å². The first-order valence-electron chi connectivity index (χ1n) is 12.4. The van der Waals surface area contributed by atoms with Crippen molar-refractivity contribution in [2.45, 2.75) is 31.8 Å². The Kier molecular flexibility index (Phi) is 5.40. The minimum Gasteiger partial charge on any atom is -0.377 e. The number of nitrogens with one attached hydrogen (secondary N) is 1. The highest BCUT2D eigenvalue weighted by molar-refractivity contribution is 6.23. The number of fused-ring (bicyclic) bond motifs is 5. The van der Waals surface area contributed by atoms with Gasteiger partial charge in [0.1, 0.15) is 5.69 Å². The molecule has 2 amide bonds. The van der Waals surface area contributed by atoms with Crippen molar-refractivity contribution >= 4 is 28.9 Å². The van der Waals surface area contributed by atoms with Crippen LogP contribution in [0.25, 0.3) is 0 Å². The summed E-state index contributed by atoms with van der Waals surface area (Å²) in [5.74, 6) is -0.883. The third kappa shape index (κ3) is 3.82. The highest BCUT2D eigenvalue weighted by Gasteiger charge is 2.59. The number of nitro benzene ring substituents is 1. The van der Waals surface area contributed by atoms with E-state index < -0.39 is 4.92 Å². The maximum absolute atomic E-state index is 13.1. The van der Waals surface area contributed by atoms with Gasteiger partial charge in [0.25, 0.3) is 5.69 Å². The van der Waals surface area contributed by atoms with Gasteiger partial charge in [-0.1, -0.05) is 42.5 Å². The van der Waals surface area contributed by atoms with Crippen molar-refractivity contribution in [1.82, 2.24) is 4.90 Å². The Morgan fingerprint density at radius 1 is 0.943 bits per heavy atom. The molecule has 0 spiro atoms. The smallest absolute Gasteiger partial charge is 0.294 e. The number of allylic oxidation sites excluding steroid dienone is 2. The molecule has 2 heterocycles. The average molecular weight is 473 g/mol. The summed E-state index contributed by atoms with van der Waals surface area (Å²) in [7, 11) is 0. The van der Waals surface area contributed by atoms with Gasteiger partial charge in [-0.2, -0.15) is 0 Å². The molecule has 180 valence electrons. The Morgan fingerprint density at radius 2 is 1.60 bits per heavy atom. The molecule has 0 aromatic heterocycles. The lowest BCUT2D eigenvalue weighted by molar-refractivity contribution is -0.383. The number of carbonyl (C=O) groups is 2. The lowest BCUT2D eigenvalue weighted by Gasteiger charge is -2.32. The van der Waals surface area contributed by atoms with Crippen molar-refractivity contribution in [2.24, 2.45) is 23.7 Å². The van der Waals surface area contributed by atoms with Crippen molar-refractivity contribution in [3.63, 3.8) is 0 Å². The lowest BCUT2D eigenvalue weighted by Crippen LogP contribution is -2.38. The van der Waals surface area contributed by atoms with Gasteiger partial charge in [0.15, 0.2) is 0 Å². The molecular weight excluding hydrogens is 444 g/mol. The van der Waals surface area contributed by atoms with Crippen LogP contribution in [0, 0.1) is 33.8 Å². The maximum Gasteiger partial charge on any atom is 0.294 e. The molecule has 8 heteroatoms. The molecule has 4 aliphatic rings. The number of hydrogen-bond acceptors (Lipinski definition) is 6. The first kappa shape index (κ1) is 22.0. The van der Waals surface area contributed by atoms with E-state index in [1.807, 2.05) is 30.4 Å². The van der Waals surface area contributed by atoms with E-state index in [1.165, 1.54) is 16.5 Å². The summed E-state index contributed by atoms with van der Waals surface area (Å²) in [6.07, 6.45) is 6.71. The normalized spacial score (nSPS) is 28.1. The number of amides is 2. The van der Waals surface area contributed by atoms with Crippen molar-refractivity contribution in [1.29, 1.82) is 0 Å². The van der Waals surface area contributed by atoms with Gasteiger partial charge in [-0.15, -0.1) is 0 Å². The van der Waals surface area contributed by atoms with E-state index in [1.54, 1.807) is 12.1 Å². The molecular formula is C27H28N4O4. The van der Waals surface area contributed by atoms with E-state index in [0.717, 1.165) is 38.9 Å². The number of benzene rings is 2. The largest absolute Gasteiger partial charge is 0.377 e. The maximum atomic E-state index is 13.1. The molecule has 2 saturated heterocycles. The number of hydrogen-bond donors (Lipinski definition) is 1. The number of rotatable bonds is 6. The lowest BCUT2D eigenvalue weighted by atomic mass is 9.85. The van der Waals surface area contributed by atoms with E-state index >= 15 is 0 Å². The fourth-order valence-corrected chi connectivity index (χ4v) is 6.39. The average Bonchev–Trinajstić information content (AvgIpc) is 3.55. The molecule has 3 fully saturated rings. The Hall–Kier alpha value is -3.52. The quantitative estimate of drug-likeness (QED) is 0.296. The monoisotopic (exact) mass is 472 g/mol. The van der Waals surface area contributed by atoms with Gasteiger partial charge in [0.2, 0.25) is 11.8 Å². The zero-order valence-corrected chi connectivity index (χ0v) is 19.4. The molecule has 2 aliphatic heterocycles. The van der Waals surface area contributed by atoms with Gasteiger partial charge >= 0.3 is 0 Å². The van der Waals surface area contributed by atoms with Crippen LogP contribution in [0.2, 0.25) is 0 Å². The second kappa shape index (κ2) is 8.61. The highest BCUT2D eigenvalue weighted by Crippen LogP contribution is 2.53. The van der Waals surface area contributed by atoms with E-state index in [0.29, 0.717) is 11.4 Å². The number of anilines is 2. The minimum atomic E-state index is -0.437. The van der Waals surface area contributed by atoms with Crippen LogP contribution in [-0.4, -0.2) is 40.8 Å². The van der Waals surface area contributed by atoms with Crippen molar-refractivity contribution in [3.05, 3.63) is 76.4 Å². The molecule has 6 rings (SSSR count). The molecule has 0 radical (unpaired) electrons. The number of carbonyl (C=O) groups excluding carboxylic acids is 2. The molecule has 2 aromatic rings. The number of nitrogens with zero attached hydrogens (tertiary/aromatic N) is 3. The first-order chi connectivity index (χ1) is 17.0. The second-order valence-corrected chi connectivity index (χ2v) is 10.2. The van der Waals surface area contributed by atoms with E-state index in [9.17, 15) is 19.7 Å². The molecule has 2 aromatic carbocycles. The van der Waals surface area contributed by atoms with Crippen LogP contribution < -0.4 is 10.2 Å². The SMILES string of the molecule is O=C1[C@H]2[C@H](C(=O)N1c1ccc(NC3CCN(Cc4ccccc4)CC3)c([N+](=O)[O-])c1)[C@H]1C=C[C@H]2C1. The van der Waals surface area contributed by atoms with Crippen LogP contribution in [0.15, 0.2) is 60.7 Å². The molecule has 8 nitrogen and oxygen atoms in total. The third-order valence-corrected chi connectivity index (χ3v) is 8.10. The minimum absolute atomic E-state index is 0.104. The predicted molar refractivity (Wildman–Crippen MR) is 132 cm³/mol. The standard InChI is InChI=1S/C27H28N4O4/c32-26-24-18-6-7-19(14-18)25(24)27(33)30(26)21-8-9-22(23(15-21)31(34)35)28-20-10-12-29(13-11-20)16-17-4-2-1-3-5-17/h1-9,15,18-20,24-25,28H,10-14,16H2/t18-,19-,24+,25+/m0/s1. The van der Waals surface area contributed by atoms with Crippen molar-refractivity contribution < 1.29 is 14.5 Å². The van der Waals surface area contributed by atoms with Gasteiger partial charge in [-0.05, 0) is 48.8 Å². The van der Waals surface area contributed by atoms with Crippen molar-refractivity contribution in [2.75, 3.05) is 23.3 Å². The Balaban J connectivity index is 1.15. The fraction of sp³-hybridized carbons (Fsp3) is 0.407. The highest BCUT2D eigenvalue weighted by atomic mass is 16.6. The Morgan fingerprint density at radius 3 is 2.23 bits per heavy atom. The first-order valence-corrected chi connectivity index (χ1v) is 12.4. The van der Waals surface area contributed by atoms with Gasteiger partial charge in [0, 0.05) is 31.7 Å².